The number of hydrogen-bond donors (Lipinski definition) is 2. The maximum Gasteiger partial charge on any atom is 0.0656 e. The zero-order chi connectivity index (χ0) is 12.2. The molecule has 0 aliphatic heterocycles. The molecule has 0 heterocycles. The number of hydrogen-bond acceptors (Lipinski definition) is 3. The van der Waals surface area contributed by atoms with Crippen molar-refractivity contribution in [1.82, 2.24) is 0 Å². The van der Waals surface area contributed by atoms with Crippen molar-refractivity contribution in [2.75, 3.05) is 20.3 Å². The fourth-order valence-corrected chi connectivity index (χ4v) is 3.23. The highest BCUT2D eigenvalue weighted by Crippen LogP contribution is 2.43. The summed E-state index contributed by atoms with van der Waals surface area (Å²) in [5, 5.41) is 10.5. The maximum atomic E-state index is 10.5. The van der Waals surface area contributed by atoms with Crippen molar-refractivity contribution in [3.8, 4) is 0 Å². The Morgan fingerprint density at radius 3 is 2.75 bits per heavy atom. The van der Waals surface area contributed by atoms with E-state index in [4.69, 9.17) is 10.5 Å². The predicted octanol–water partition coefficient (Wildman–Crippen LogP) is 1.78. The highest BCUT2D eigenvalue weighted by Gasteiger charge is 2.42. The molecule has 1 rings (SSSR count). The molecular weight excluding hydrogens is 202 g/mol. The second kappa shape index (κ2) is 5.99. The first-order valence-electron chi connectivity index (χ1n) is 6.43. The lowest BCUT2D eigenvalue weighted by Crippen LogP contribution is -2.48. The largest absolute Gasteiger partial charge is 0.392 e. The number of rotatable bonds is 5. The van der Waals surface area contributed by atoms with Crippen LogP contribution >= 0.6 is 0 Å². The lowest BCUT2D eigenvalue weighted by molar-refractivity contribution is -0.0594. The summed E-state index contributed by atoms with van der Waals surface area (Å²) in [5.74, 6) is 0.848. The van der Waals surface area contributed by atoms with Crippen LogP contribution in [0, 0.1) is 17.3 Å². The summed E-state index contributed by atoms with van der Waals surface area (Å²) in [7, 11) is 1.68. The Hall–Kier alpha value is -0.120. The van der Waals surface area contributed by atoms with Crippen LogP contribution in [0.25, 0.3) is 0 Å². The molecular formula is C13H27NO2. The molecule has 4 unspecified atom stereocenters. The van der Waals surface area contributed by atoms with E-state index in [1.54, 1.807) is 7.11 Å². The standard InChI is InChI=1S/C13H27NO2/c1-10-5-4-6-13(7-10,9-14)12(15)11(2)8-16-3/h10-12,15H,4-9,14H2,1-3H3. The van der Waals surface area contributed by atoms with Gasteiger partial charge in [0.2, 0.25) is 0 Å². The summed E-state index contributed by atoms with van der Waals surface area (Å²) >= 11 is 0. The summed E-state index contributed by atoms with van der Waals surface area (Å²) < 4.78 is 5.13. The van der Waals surface area contributed by atoms with Crippen molar-refractivity contribution < 1.29 is 9.84 Å². The molecule has 0 bridgehead atoms. The summed E-state index contributed by atoms with van der Waals surface area (Å²) in [5.41, 5.74) is 5.86. The van der Waals surface area contributed by atoms with Gasteiger partial charge in [-0.15, -0.1) is 0 Å². The highest BCUT2D eigenvalue weighted by atomic mass is 16.5. The van der Waals surface area contributed by atoms with E-state index in [-0.39, 0.29) is 17.4 Å². The normalized spacial score (nSPS) is 34.7. The van der Waals surface area contributed by atoms with E-state index in [0.29, 0.717) is 19.1 Å². The molecule has 96 valence electrons. The van der Waals surface area contributed by atoms with E-state index in [0.717, 1.165) is 12.8 Å². The Labute approximate surface area is 99.4 Å². The summed E-state index contributed by atoms with van der Waals surface area (Å²) in [6.45, 7) is 5.51. The summed E-state index contributed by atoms with van der Waals surface area (Å²) in [6, 6.07) is 0. The van der Waals surface area contributed by atoms with Crippen LogP contribution < -0.4 is 5.73 Å². The fourth-order valence-electron chi connectivity index (χ4n) is 3.23. The van der Waals surface area contributed by atoms with Gasteiger partial charge < -0.3 is 15.6 Å². The minimum atomic E-state index is -0.333. The Kier molecular flexibility index (Phi) is 5.22. The number of methoxy groups -OCH3 is 1. The third-order valence-corrected chi connectivity index (χ3v) is 4.13. The Morgan fingerprint density at radius 2 is 2.25 bits per heavy atom. The van der Waals surface area contributed by atoms with Gasteiger partial charge in [0.1, 0.15) is 0 Å². The Balaban J connectivity index is 2.70. The minimum Gasteiger partial charge on any atom is -0.392 e. The SMILES string of the molecule is COCC(C)C(O)C1(CN)CCCC(C)C1. The van der Waals surface area contributed by atoms with Gasteiger partial charge in [-0.2, -0.15) is 0 Å². The maximum absolute atomic E-state index is 10.5. The van der Waals surface area contributed by atoms with Gasteiger partial charge in [0.15, 0.2) is 0 Å². The number of aliphatic hydroxyl groups is 1. The molecule has 0 amide bonds. The zero-order valence-corrected chi connectivity index (χ0v) is 10.9. The van der Waals surface area contributed by atoms with E-state index in [1.165, 1.54) is 12.8 Å². The van der Waals surface area contributed by atoms with E-state index in [9.17, 15) is 5.11 Å². The van der Waals surface area contributed by atoms with Gasteiger partial charge in [0, 0.05) is 25.0 Å². The van der Waals surface area contributed by atoms with E-state index < -0.39 is 0 Å². The van der Waals surface area contributed by atoms with Crippen molar-refractivity contribution >= 4 is 0 Å². The second-order valence-corrected chi connectivity index (χ2v) is 5.65. The summed E-state index contributed by atoms with van der Waals surface area (Å²) in [4.78, 5) is 0. The first-order valence-corrected chi connectivity index (χ1v) is 6.43. The molecule has 0 spiro atoms. The molecule has 0 aromatic heterocycles. The fraction of sp³-hybridized carbons (Fsp3) is 1.00. The van der Waals surface area contributed by atoms with Crippen molar-refractivity contribution in [2.24, 2.45) is 23.0 Å². The van der Waals surface area contributed by atoms with Gasteiger partial charge in [0.05, 0.1) is 12.7 Å². The molecule has 3 heteroatoms. The lowest BCUT2D eigenvalue weighted by Gasteiger charge is -2.44. The smallest absolute Gasteiger partial charge is 0.0656 e. The number of ether oxygens (including phenoxy) is 1. The van der Waals surface area contributed by atoms with Crippen LogP contribution in [-0.2, 0) is 4.74 Å². The molecule has 3 nitrogen and oxygen atoms in total. The molecule has 1 aliphatic carbocycles. The molecule has 1 fully saturated rings. The molecule has 0 saturated heterocycles. The van der Waals surface area contributed by atoms with Gasteiger partial charge in [-0.05, 0) is 18.8 Å². The zero-order valence-electron chi connectivity index (χ0n) is 10.9. The monoisotopic (exact) mass is 229 g/mol. The highest BCUT2D eigenvalue weighted by molar-refractivity contribution is 4.93. The number of aliphatic hydroxyl groups excluding tert-OH is 1. The molecule has 3 N–H and O–H groups in total. The topological polar surface area (TPSA) is 55.5 Å². The van der Waals surface area contributed by atoms with Gasteiger partial charge in [0.25, 0.3) is 0 Å². The quantitative estimate of drug-likeness (QED) is 0.755. The van der Waals surface area contributed by atoms with Gasteiger partial charge in [-0.25, -0.2) is 0 Å². The molecule has 0 aromatic rings. The van der Waals surface area contributed by atoms with Crippen LogP contribution in [0.2, 0.25) is 0 Å². The molecule has 16 heavy (non-hydrogen) atoms. The molecule has 1 aliphatic rings. The van der Waals surface area contributed by atoms with Crippen LogP contribution in [0.5, 0.6) is 0 Å². The van der Waals surface area contributed by atoms with E-state index >= 15 is 0 Å². The third kappa shape index (κ3) is 2.96. The average Bonchev–Trinajstić information content (AvgIpc) is 2.28. The van der Waals surface area contributed by atoms with Crippen LogP contribution in [0.1, 0.15) is 39.5 Å². The minimum absolute atomic E-state index is 0.0738. The number of nitrogens with two attached hydrogens (primary N) is 1. The van der Waals surface area contributed by atoms with Crippen LogP contribution in [0.3, 0.4) is 0 Å². The van der Waals surface area contributed by atoms with Crippen molar-refractivity contribution in [2.45, 2.75) is 45.6 Å². The van der Waals surface area contributed by atoms with Gasteiger partial charge >= 0.3 is 0 Å². The third-order valence-electron chi connectivity index (χ3n) is 4.13. The van der Waals surface area contributed by atoms with Gasteiger partial charge in [-0.1, -0.05) is 26.7 Å². The van der Waals surface area contributed by atoms with E-state index in [2.05, 4.69) is 6.92 Å². The summed E-state index contributed by atoms with van der Waals surface area (Å²) in [6.07, 6.45) is 4.24. The van der Waals surface area contributed by atoms with Crippen LogP contribution in [0.15, 0.2) is 0 Å². The van der Waals surface area contributed by atoms with E-state index in [1.807, 2.05) is 6.92 Å². The van der Waals surface area contributed by atoms with Crippen LogP contribution in [0.4, 0.5) is 0 Å². The van der Waals surface area contributed by atoms with Gasteiger partial charge in [-0.3, -0.25) is 0 Å². The molecule has 0 radical (unpaired) electrons. The Morgan fingerprint density at radius 1 is 1.56 bits per heavy atom. The van der Waals surface area contributed by atoms with Crippen molar-refractivity contribution in [3.63, 3.8) is 0 Å². The lowest BCUT2D eigenvalue weighted by atomic mass is 9.64. The first-order chi connectivity index (χ1) is 7.55. The molecule has 4 atom stereocenters. The average molecular weight is 229 g/mol. The molecule has 0 aromatic carbocycles. The first kappa shape index (κ1) is 13.9. The van der Waals surface area contributed by atoms with Crippen LogP contribution in [-0.4, -0.2) is 31.5 Å². The predicted molar refractivity (Wildman–Crippen MR) is 66.2 cm³/mol. The molecule has 1 saturated carbocycles. The van der Waals surface area contributed by atoms with Crippen molar-refractivity contribution in [1.29, 1.82) is 0 Å². The Bertz CT molecular complexity index is 210. The second-order valence-electron chi connectivity index (χ2n) is 5.65. The van der Waals surface area contributed by atoms with Crippen molar-refractivity contribution in [3.05, 3.63) is 0 Å².